The highest BCUT2D eigenvalue weighted by Gasteiger charge is 2.17. The smallest absolute Gasteiger partial charge is 0.418 e. The molecule has 0 saturated carbocycles. The van der Waals surface area contributed by atoms with Gasteiger partial charge in [0.2, 0.25) is 0 Å². The Morgan fingerprint density at radius 3 is 2.56 bits per heavy atom. The van der Waals surface area contributed by atoms with Crippen molar-refractivity contribution < 1.29 is 24.2 Å². The van der Waals surface area contributed by atoms with Crippen LogP contribution in [0.3, 0.4) is 0 Å². The maximum absolute atomic E-state index is 12.4. The number of carbonyl (C=O) groups excluding carboxylic acids is 1. The third kappa shape index (κ3) is 3.63. The van der Waals surface area contributed by atoms with Gasteiger partial charge in [0, 0.05) is 11.6 Å². The third-order valence-corrected chi connectivity index (χ3v) is 3.84. The fourth-order valence-electron chi connectivity index (χ4n) is 2.65. The van der Waals surface area contributed by atoms with Crippen molar-refractivity contribution in [2.24, 2.45) is 0 Å². The Hall–Kier alpha value is -3.28. The minimum absolute atomic E-state index is 0.143. The molecule has 0 fully saturated rings. The maximum atomic E-state index is 12.4. The Kier molecular flexibility index (Phi) is 4.70. The highest BCUT2D eigenvalue weighted by molar-refractivity contribution is 5.94. The highest BCUT2D eigenvalue weighted by atomic mass is 16.5. The average Bonchev–Trinajstić information content (AvgIpc) is 2.97. The summed E-state index contributed by atoms with van der Waals surface area (Å²) in [5, 5.41) is 9.75. The number of aliphatic carboxylic acids is 1. The molecule has 0 aliphatic carbocycles. The van der Waals surface area contributed by atoms with Crippen LogP contribution in [0.2, 0.25) is 0 Å². The normalized spacial score (nSPS) is 10.6. The summed E-state index contributed by atoms with van der Waals surface area (Å²) in [4.78, 5) is 23.5. The largest absolute Gasteiger partial charge is 0.497 e. The molecule has 0 amide bonds. The lowest BCUT2D eigenvalue weighted by atomic mass is 10.1. The van der Waals surface area contributed by atoms with Crippen molar-refractivity contribution in [3.8, 4) is 5.75 Å². The van der Waals surface area contributed by atoms with Gasteiger partial charge in [0.25, 0.3) is 0 Å². The Bertz CT molecular complexity index is 914. The standard InChI is InChI=1S/C19H17NO5/c1-24-15-7-8-17-16(10-15)14(9-18(21)22)11-20(17)19(23)25-12-13-5-3-2-4-6-13/h2-8,10-11H,9,12H2,1H3,(H,21,22). The molecule has 3 rings (SSSR count). The number of benzene rings is 2. The van der Waals surface area contributed by atoms with Crippen molar-refractivity contribution in [3.63, 3.8) is 0 Å². The first-order chi connectivity index (χ1) is 12.1. The van der Waals surface area contributed by atoms with Crippen molar-refractivity contribution in [2.45, 2.75) is 13.0 Å². The van der Waals surface area contributed by atoms with E-state index in [1.807, 2.05) is 30.3 Å². The van der Waals surface area contributed by atoms with Gasteiger partial charge in [-0.15, -0.1) is 0 Å². The van der Waals surface area contributed by atoms with Crippen molar-refractivity contribution in [1.29, 1.82) is 0 Å². The molecule has 0 aliphatic rings. The number of ether oxygens (including phenoxy) is 2. The highest BCUT2D eigenvalue weighted by Crippen LogP contribution is 2.27. The molecule has 25 heavy (non-hydrogen) atoms. The van der Waals surface area contributed by atoms with Gasteiger partial charge in [0.15, 0.2) is 0 Å². The number of carbonyl (C=O) groups is 2. The van der Waals surface area contributed by atoms with Gasteiger partial charge in [0.1, 0.15) is 12.4 Å². The van der Waals surface area contributed by atoms with E-state index in [1.54, 1.807) is 18.2 Å². The van der Waals surface area contributed by atoms with Gasteiger partial charge in [-0.2, -0.15) is 0 Å². The fourth-order valence-corrected chi connectivity index (χ4v) is 2.65. The summed E-state index contributed by atoms with van der Waals surface area (Å²) < 4.78 is 11.9. The van der Waals surface area contributed by atoms with Crippen molar-refractivity contribution in [1.82, 2.24) is 4.57 Å². The quantitative estimate of drug-likeness (QED) is 0.770. The van der Waals surface area contributed by atoms with Crippen LogP contribution in [0.1, 0.15) is 11.1 Å². The van der Waals surface area contributed by atoms with Crippen LogP contribution in [-0.2, 0) is 22.6 Å². The molecule has 0 saturated heterocycles. The van der Waals surface area contributed by atoms with E-state index < -0.39 is 12.1 Å². The molecule has 0 aliphatic heterocycles. The third-order valence-electron chi connectivity index (χ3n) is 3.84. The van der Waals surface area contributed by atoms with E-state index in [0.717, 1.165) is 5.56 Å². The van der Waals surface area contributed by atoms with Gasteiger partial charge in [-0.3, -0.25) is 9.36 Å². The van der Waals surface area contributed by atoms with Crippen LogP contribution in [0.5, 0.6) is 5.75 Å². The second-order valence-electron chi connectivity index (χ2n) is 5.52. The van der Waals surface area contributed by atoms with E-state index in [2.05, 4.69) is 0 Å². The van der Waals surface area contributed by atoms with Crippen molar-refractivity contribution in [3.05, 3.63) is 65.9 Å². The van der Waals surface area contributed by atoms with Crippen molar-refractivity contribution in [2.75, 3.05) is 7.11 Å². The predicted octanol–water partition coefficient (Wildman–Crippen LogP) is 3.46. The number of hydrogen-bond donors (Lipinski definition) is 1. The molecular weight excluding hydrogens is 322 g/mol. The molecule has 1 heterocycles. The first-order valence-electron chi connectivity index (χ1n) is 7.69. The number of carboxylic acids is 1. The average molecular weight is 339 g/mol. The second kappa shape index (κ2) is 7.09. The van der Waals surface area contributed by atoms with Crippen LogP contribution in [-0.4, -0.2) is 28.8 Å². The summed E-state index contributed by atoms with van der Waals surface area (Å²) in [5.74, 6) is -0.380. The summed E-state index contributed by atoms with van der Waals surface area (Å²) in [7, 11) is 1.53. The summed E-state index contributed by atoms with van der Waals surface area (Å²) >= 11 is 0. The van der Waals surface area contributed by atoms with Crippen LogP contribution in [0.25, 0.3) is 10.9 Å². The summed E-state index contributed by atoms with van der Waals surface area (Å²) in [6.45, 7) is 0.143. The fraction of sp³-hybridized carbons (Fsp3) is 0.158. The van der Waals surface area contributed by atoms with Crippen LogP contribution < -0.4 is 4.74 Å². The van der Waals surface area contributed by atoms with Gasteiger partial charge in [-0.25, -0.2) is 4.79 Å². The Morgan fingerprint density at radius 1 is 1.12 bits per heavy atom. The number of rotatable bonds is 5. The topological polar surface area (TPSA) is 77.8 Å². The van der Waals surface area contributed by atoms with E-state index in [-0.39, 0.29) is 13.0 Å². The molecule has 0 radical (unpaired) electrons. The molecule has 3 aromatic rings. The molecule has 1 N–H and O–H groups in total. The number of carboxylic acid groups (broad SMARTS) is 1. The molecule has 6 heteroatoms. The summed E-state index contributed by atoms with van der Waals surface area (Å²) in [5.41, 5.74) is 1.98. The van der Waals surface area contributed by atoms with Crippen LogP contribution >= 0.6 is 0 Å². The number of hydrogen-bond acceptors (Lipinski definition) is 4. The minimum atomic E-state index is -0.973. The number of fused-ring (bicyclic) bond motifs is 1. The lowest BCUT2D eigenvalue weighted by molar-refractivity contribution is -0.136. The lowest BCUT2D eigenvalue weighted by Crippen LogP contribution is -2.12. The number of methoxy groups -OCH3 is 1. The van der Waals surface area contributed by atoms with E-state index in [1.165, 1.54) is 17.9 Å². The molecule has 0 atom stereocenters. The van der Waals surface area contributed by atoms with Gasteiger partial charge in [0.05, 0.1) is 19.0 Å². The maximum Gasteiger partial charge on any atom is 0.418 e. The van der Waals surface area contributed by atoms with Gasteiger partial charge < -0.3 is 14.6 Å². The van der Waals surface area contributed by atoms with Gasteiger partial charge >= 0.3 is 12.1 Å². The molecular formula is C19H17NO5. The van der Waals surface area contributed by atoms with E-state index >= 15 is 0 Å². The number of aromatic nitrogens is 1. The zero-order valence-corrected chi connectivity index (χ0v) is 13.6. The monoisotopic (exact) mass is 339 g/mol. The lowest BCUT2D eigenvalue weighted by Gasteiger charge is -2.07. The van der Waals surface area contributed by atoms with Gasteiger partial charge in [-0.05, 0) is 29.3 Å². The second-order valence-corrected chi connectivity index (χ2v) is 5.52. The molecule has 0 unspecified atom stereocenters. The first-order valence-corrected chi connectivity index (χ1v) is 7.69. The van der Waals surface area contributed by atoms with E-state index in [9.17, 15) is 9.59 Å². The zero-order valence-electron chi connectivity index (χ0n) is 13.6. The Labute approximate surface area is 144 Å². The van der Waals surface area contributed by atoms with Gasteiger partial charge in [-0.1, -0.05) is 30.3 Å². The Morgan fingerprint density at radius 2 is 1.88 bits per heavy atom. The SMILES string of the molecule is COc1ccc2c(c1)c(CC(=O)O)cn2C(=O)OCc1ccccc1. The van der Waals surface area contributed by atoms with Crippen LogP contribution in [0, 0.1) is 0 Å². The molecule has 0 bridgehead atoms. The Balaban J connectivity index is 1.92. The first kappa shape index (κ1) is 16.6. The minimum Gasteiger partial charge on any atom is -0.497 e. The van der Waals surface area contributed by atoms with E-state index in [4.69, 9.17) is 14.6 Å². The van der Waals surface area contributed by atoms with E-state index in [0.29, 0.717) is 22.2 Å². The number of nitrogens with zero attached hydrogens (tertiary/aromatic N) is 1. The summed E-state index contributed by atoms with van der Waals surface area (Å²) in [6.07, 6.45) is 0.754. The zero-order chi connectivity index (χ0) is 17.8. The molecule has 1 aromatic heterocycles. The molecule has 128 valence electrons. The van der Waals surface area contributed by atoms with Crippen LogP contribution in [0.4, 0.5) is 4.79 Å². The predicted molar refractivity (Wildman–Crippen MR) is 91.9 cm³/mol. The molecule has 2 aromatic carbocycles. The summed E-state index contributed by atoms with van der Waals surface area (Å²) in [6, 6.07) is 14.5. The van der Waals surface area contributed by atoms with Crippen LogP contribution in [0.15, 0.2) is 54.7 Å². The van der Waals surface area contributed by atoms with Crippen molar-refractivity contribution >= 4 is 23.0 Å². The molecule has 6 nitrogen and oxygen atoms in total. The molecule has 0 spiro atoms.